The normalized spacial score (nSPS) is 17.0. The maximum Gasteiger partial charge on any atom is 0.254 e. The van der Waals surface area contributed by atoms with Gasteiger partial charge in [0.15, 0.2) is 11.5 Å². The van der Waals surface area contributed by atoms with E-state index in [1.54, 1.807) is 14.2 Å². The number of benzene rings is 2. The number of ether oxygens (including phenoxy) is 2. The minimum absolute atomic E-state index is 0.0789. The molecule has 1 unspecified atom stereocenters. The fourth-order valence-corrected chi connectivity index (χ4v) is 3.75. The number of rotatable bonds is 4. The molecule has 24 heavy (non-hydrogen) atoms. The summed E-state index contributed by atoms with van der Waals surface area (Å²) < 4.78 is 11.8. The molecule has 1 aliphatic heterocycles. The molecular formula is C19H20INO3. The van der Waals surface area contributed by atoms with Crippen LogP contribution in [0, 0.1) is 3.57 Å². The van der Waals surface area contributed by atoms with Crippen molar-refractivity contribution >= 4 is 28.5 Å². The van der Waals surface area contributed by atoms with Crippen LogP contribution in [0.4, 0.5) is 0 Å². The second-order valence-corrected chi connectivity index (χ2v) is 7.03. The molecule has 5 heteroatoms. The highest BCUT2D eigenvalue weighted by molar-refractivity contribution is 14.1. The fraction of sp³-hybridized carbons (Fsp3) is 0.316. The monoisotopic (exact) mass is 437 g/mol. The first kappa shape index (κ1) is 17.1. The summed E-state index contributed by atoms with van der Waals surface area (Å²) >= 11 is 2.23. The highest BCUT2D eigenvalue weighted by Crippen LogP contribution is 2.37. The van der Waals surface area contributed by atoms with Gasteiger partial charge in [-0.05, 0) is 71.3 Å². The van der Waals surface area contributed by atoms with Crippen molar-refractivity contribution in [3.8, 4) is 11.5 Å². The molecule has 0 N–H and O–H groups in total. The van der Waals surface area contributed by atoms with Gasteiger partial charge in [-0.15, -0.1) is 0 Å². The van der Waals surface area contributed by atoms with Crippen molar-refractivity contribution in [3.05, 3.63) is 57.2 Å². The summed E-state index contributed by atoms with van der Waals surface area (Å²) in [5, 5.41) is 0. The third-order valence-corrected chi connectivity index (χ3v) is 5.05. The summed E-state index contributed by atoms with van der Waals surface area (Å²) in [4.78, 5) is 14.9. The molecule has 1 amide bonds. The number of methoxy groups -OCH3 is 2. The molecule has 2 aromatic carbocycles. The average Bonchev–Trinajstić information content (AvgIpc) is 3.10. The van der Waals surface area contributed by atoms with E-state index >= 15 is 0 Å². The van der Waals surface area contributed by atoms with Gasteiger partial charge < -0.3 is 14.4 Å². The molecule has 126 valence electrons. The number of halogens is 1. The summed E-state index contributed by atoms with van der Waals surface area (Å²) in [5.41, 5.74) is 1.83. The van der Waals surface area contributed by atoms with Gasteiger partial charge >= 0.3 is 0 Å². The molecule has 0 bridgehead atoms. The van der Waals surface area contributed by atoms with Crippen LogP contribution in [-0.2, 0) is 0 Å². The molecule has 1 aliphatic rings. The van der Waals surface area contributed by atoms with Crippen molar-refractivity contribution in [2.24, 2.45) is 0 Å². The van der Waals surface area contributed by atoms with Gasteiger partial charge in [0.25, 0.3) is 5.91 Å². The highest BCUT2D eigenvalue weighted by atomic mass is 127. The van der Waals surface area contributed by atoms with Crippen molar-refractivity contribution < 1.29 is 14.3 Å². The van der Waals surface area contributed by atoms with Crippen LogP contribution in [0.15, 0.2) is 42.5 Å². The van der Waals surface area contributed by atoms with E-state index in [1.165, 1.54) is 0 Å². The van der Waals surface area contributed by atoms with Crippen molar-refractivity contribution in [1.82, 2.24) is 4.90 Å². The molecule has 1 fully saturated rings. The second kappa shape index (κ2) is 7.42. The van der Waals surface area contributed by atoms with Crippen LogP contribution in [0.5, 0.6) is 11.5 Å². The van der Waals surface area contributed by atoms with Crippen LogP contribution in [0.25, 0.3) is 0 Å². The minimum atomic E-state index is 0.0789. The first-order valence-electron chi connectivity index (χ1n) is 7.92. The van der Waals surface area contributed by atoms with Crippen LogP contribution in [0.2, 0.25) is 0 Å². The van der Waals surface area contributed by atoms with Gasteiger partial charge in [0.2, 0.25) is 0 Å². The van der Waals surface area contributed by atoms with Gasteiger partial charge in [-0.25, -0.2) is 0 Å². The van der Waals surface area contributed by atoms with Gasteiger partial charge in [-0.2, -0.15) is 0 Å². The highest BCUT2D eigenvalue weighted by Gasteiger charge is 2.31. The molecule has 0 spiro atoms. The predicted octanol–water partition coefficient (Wildman–Crippen LogP) is 4.29. The molecule has 1 atom stereocenters. The second-order valence-electron chi connectivity index (χ2n) is 5.78. The smallest absolute Gasteiger partial charge is 0.254 e. The van der Waals surface area contributed by atoms with Gasteiger partial charge in [-0.1, -0.05) is 12.1 Å². The Morgan fingerprint density at radius 2 is 1.92 bits per heavy atom. The first-order chi connectivity index (χ1) is 11.6. The van der Waals surface area contributed by atoms with E-state index in [9.17, 15) is 4.79 Å². The lowest BCUT2D eigenvalue weighted by atomic mass is 10.0. The van der Waals surface area contributed by atoms with E-state index in [4.69, 9.17) is 9.47 Å². The third kappa shape index (κ3) is 3.36. The lowest BCUT2D eigenvalue weighted by Crippen LogP contribution is -2.30. The largest absolute Gasteiger partial charge is 0.493 e. The average molecular weight is 437 g/mol. The van der Waals surface area contributed by atoms with Crippen molar-refractivity contribution in [1.29, 1.82) is 0 Å². The SMILES string of the molecule is COc1ccc(C2CCCN2C(=O)c2cccc(I)c2)cc1OC. The molecule has 3 rings (SSSR count). The number of likely N-dealkylation sites (tertiary alicyclic amines) is 1. The molecule has 0 radical (unpaired) electrons. The van der Waals surface area contributed by atoms with Crippen molar-refractivity contribution in [2.75, 3.05) is 20.8 Å². The Balaban J connectivity index is 1.89. The number of hydrogen-bond donors (Lipinski definition) is 0. The molecule has 4 nitrogen and oxygen atoms in total. The standard InChI is InChI=1S/C19H20INO3/c1-23-17-9-8-13(12-18(17)24-2)16-7-4-10-21(16)19(22)14-5-3-6-15(20)11-14/h3,5-6,8-9,11-12,16H,4,7,10H2,1-2H3. The topological polar surface area (TPSA) is 38.8 Å². The lowest BCUT2D eigenvalue weighted by Gasteiger charge is -2.26. The van der Waals surface area contributed by atoms with Crippen LogP contribution >= 0.6 is 22.6 Å². The number of carbonyl (C=O) groups is 1. The summed E-state index contributed by atoms with van der Waals surface area (Å²) in [6.45, 7) is 0.781. The summed E-state index contributed by atoms with van der Waals surface area (Å²) in [7, 11) is 3.26. The number of amides is 1. The maximum absolute atomic E-state index is 12.9. The fourth-order valence-electron chi connectivity index (χ4n) is 3.20. The van der Waals surface area contributed by atoms with Crippen molar-refractivity contribution in [3.63, 3.8) is 0 Å². The van der Waals surface area contributed by atoms with E-state index in [-0.39, 0.29) is 11.9 Å². The molecule has 2 aromatic rings. The van der Waals surface area contributed by atoms with Gasteiger partial charge in [0, 0.05) is 15.7 Å². The Bertz CT molecular complexity index is 747. The maximum atomic E-state index is 12.9. The molecule has 1 saturated heterocycles. The molecule has 0 saturated carbocycles. The van der Waals surface area contributed by atoms with Crippen LogP contribution in [0.1, 0.15) is 34.8 Å². The van der Waals surface area contributed by atoms with Gasteiger partial charge in [0.1, 0.15) is 0 Å². The Morgan fingerprint density at radius 3 is 2.62 bits per heavy atom. The Morgan fingerprint density at radius 1 is 1.12 bits per heavy atom. The zero-order chi connectivity index (χ0) is 17.1. The molecule has 0 aliphatic carbocycles. The number of nitrogens with zero attached hydrogens (tertiary/aromatic N) is 1. The van der Waals surface area contributed by atoms with Crippen LogP contribution in [0.3, 0.4) is 0 Å². The Kier molecular flexibility index (Phi) is 5.28. The summed E-state index contributed by atoms with van der Waals surface area (Å²) in [5.74, 6) is 1.49. The number of hydrogen-bond acceptors (Lipinski definition) is 3. The minimum Gasteiger partial charge on any atom is -0.493 e. The van der Waals surface area contributed by atoms with E-state index in [0.717, 1.165) is 34.1 Å². The van der Waals surface area contributed by atoms with E-state index in [0.29, 0.717) is 11.5 Å². The van der Waals surface area contributed by atoms with Crippen LogP contribution in [-0.4, -0.2) is 31.6 Å². The zero-order valence-corrected chi connectivity index (χ0v) is 15.9. The van der Waals surface area contributed by atoms with E-state index < -0.39 is 0 Å². The quantitative estimate of drug-likeness (QED) is 0.671. The number of carbonyl (C=O) groups excluding carboxylic acids is 1. The zero-order valence-electron chi connectivity index (χ0n) is 13.8. The molecule has 0 aromatic heterocycles. The molecular weight excluding hydrogens is 417 g/mol. The third-order valence-electron chi connectivity index (χ3n) is 4.38. The summed E-state index contributed by atoms with van der Waals surface area (Å²) in [6, 6.07) is 13.7. The van der Waals surface area contributed by atoms with Crippen molar-refractivity contribution in [2.45, 2.75) is 18.9 Å². The molecule has 1 heterocycles. The van der Waals surface area contributed by atoms with Gasteiger partial charge in [-0.3, -0.25) is 4.79 Å². The first-order valence-corrected chi connectivity index (χ1v) is 9.00. The lowest BCUT2D eigenvalue weighted by molar-refractivity contribution is 0.0735. The van der Waals surface area contributed by atoms with E-state index in [1.807, 2.05) is 47.4 Å². The Labute approximate surface area is 155 Å². The van der Waals surface area contributed by atoms with E-state index in [2.05, 4.69) is 22.6 Å². The predicted molar refractivity (Wildman–Crippen MR) is 102 cm³/mol. The summed E-state index contributed by atoms with van der Waals surface area (Å²) in [6.07, 6.45) is 1.97. The Hall–Kier alpha value is -1.76. The van der Waals surface area contributed by atoms with Gasteiger partial charge in [0.05, 0.1) is 20.3 Å². The van der Waals surface area contributed by atoms with Crippen LogP contribution < -0.4 is 9.47 Å².